The van der Waals surface area contributed by atoms with Gasteiger partial charge in [-0.25, -0.2) is 0 Å². The van der Waals surface area contributed by atoms with Crippen molar-refractivity contribution >= 4 is 34.7 Å². The van der Waals surface area contributed by atoms with E-state index >= 15 is 0 Å². The van der Waals surface area contributed by atoms with E-state index in [1.165, 1.54) is 16.0 Å². The Balaban J connectivity index is 2.71. The van der Waals surface area contributed by atoms with E-state index in [2.05, 4.69) is 66.8 Å². The van der Waals surface area contributed by atoms with Gasteiger partial charge in [0.15, 0.2) is 0 Å². The molecule has 0 amide bonds. The third kappa shape index (κ3) is 1.96. The average Bonchev–Trinajstić information content (AvgIpc) is 2.05. The fourth-order valence-electron chi connectivity index (χ4n) is 1.70. The maximum atomic E-state index is 2.51. The molecule has 1 heteroatoms. The minimum absolute atomic E-state index is 0.306. The zero-order valence-electron chi connectivity index (χ0n) is 7.97. The highest BCUT2D eigenvalue weighted by Crippen LogP contribution is 2.25. The Labute approximate surface area is 92.5 Å². The van der Waals surface area contributed by atoms with Crippen LogP contribution in [0.15, 0.2) is 18.2 Å². The highest BCUT2D eigenvalue weighted by molar-refractivity contribution is 14.1. The summed E-state index contributed by atoms with van der Waals surface area (Å²) in [6, 6.07) is 6.66. The van der Waals surface area contributed by atoms with Gasteiger partial charge in [0.25, 0.3) is 0 Å². The molecule has 1 aromatic rings. The molecule has 1 aromatic carbocycles. The first-order valence-electron chi connectivity index (χ1n) is 4.55. The van der Waals surface area contributed by atoms with Crippen LogP contribution in [0.25, 0.3) is 12.2 Å². The van der Waals surface area contributed by atoms with Gasteiger partial charge in [-0.05, 0) is 30.7 Å². The Hall–Kier alpha value is -0.310. The summed E-state index contributed by atoms with van der Waals surface area (Å²) in [5.74, 6) is 0. The van der Waals surface area contributed by atoms with Crippen molar-refractivity contribution in [3.63, 3.8) is 0 Å². The second-order valence-corrected chi connectivity index (χ2v) is 6.43. The Bertz CT molecular complexity index is 441. The maximum absolute atomic E-state index is 2.51. The maximum Gasteiger partial charge on any atom is 0.0416 e. The van der Waals surface area contributed by atoms with Gasteiger partial charge in [0.2, 0.25) is 0 Å². The van der Waals surface area contributed by atoms with Crippen LogP contribution in [0, 0.1) is 6.92 Å². The summed E-state index contributed by atoms with van der Waals surface area (Å²) in [4.78, 5) is 0. The molecule has 0 fully saturated rings. The zero-order valence-corrected chi connectivity index (χ0v) is 10.1. The van der Waals surface area contributed by atoms with E-state index in [-0.39, 0.29) is 0 Å². The molecule has 68 valence electrons. The first-order valence-corrected chi connectivity index (χ1v) is 5.63. The third-order valence-electron chi connectivity index (χ3n) is 2.42. The van der Waals surface area contributed by atoms with Crippen LogP contribution >= 0.6 is 22.6 Å². The molecule has 0 spiro atoms. The highest BCUT2D eigenvalue weighted by atomic mass is 127. The second kappa shape index (κ2) is 3.12. The van der Waals surface area contributed by atoms with Crippen molar-refractivity contribution in [2.24, 2.45) is 0 Å². The van der Waals surface area contributed by atoms with Crippen molar-refractivity contribution in [3.8, 4) is 0 Å². The number of hydrogen-bond acceptors (Lipinski definition) is 0. The van der Waals surface area contributed by atoms with Crippen LogP contribution in [0.5, 0.6) is 0 Å². The van der Waals surface area contributed by atoms with E-state index in [1.807, 2.05) is 0 Å². The predicted octanol–water partition coefficient (Wildman–Crippen LogP) is 2.15. The van der Waals surface area contributed by atoms with Crippen LogP contribution in [0.3, 0.4) is 0 Å². The summed E-state index contributed by atoms with van der Waals surface area (Å²) in [7, 11) is 0. The van der Waals surface area contributed by atoms with E-state index in [4.69, 9.17) is 0 Å². The van der Waals surface area contributed by atoms with Gasteiger partial charge in [-0.15, -0.1) is 0 Å². The number of alkyl halides is 1. The van der Waals surface area contributed by atoms with Gasteiger partial charge in [-0.1, -0.05) is 58.5 Å². The van der Waals surface area contributed by atoms with Gasteiger partial charge in [0.1, 0.15) is 0 Å². The van der Waals surface area contributed by atoms with Crippen LogP contribution in [0.2, 0.25) is 0 Å². The quantitative estimate of drug-likeness (QED) is 0.506. The smallest absolute Gasteiger partial charge is 0.0416 e. The topological polar surface area (TPSA) is 0 Å². The van der Waals surface area contributed by atoms with E-state index in [1.54, 1.807) is 0 Å². The van der Waals surface area contributed by atoms with Gasteiger partial charge in [0.05, 0.1) is 0 Å². The molecule has 0 saturated heterocycles. The molecule has 0 aliphatic heterocycles. The molecule has 0 bridgehead atoms. The Kier molecular flexibility index (Phi) is 2.22. The van der Waals surface area contributed by atoms with Gasteiger partial charge in [-0.2, -0.15) is 0 Å². The van der Waals surface area contributed by atoms with Crippen LogP contribution < -0.4 is 10.4 Å². The van der Waals surface area contributed by atoms with Crippen molar-refractivity contribution in [1.29, 1.82) is 0 Å². The van der Waals surface area contributed by atoms with Gasteiger partial charge < -0.3 is 0 Å². The summed E-state index contributed by atoms with van der Waals surface area (Å²) in [6.45, 7) is 4.42. The van der Waals surface area contributed by atoms with Crippen LogP contribution in [0.1, 0.15) is 18.9 Å². The number of fused-ring (bicyclic) bond motifs is 1. The molecule has 1 aliphatic carbocycles. The molecule has 0 saturated carbocycles. The zero-order chi connectivity index (χ0) is 9.47. The number of hydrogen-bond donors (Lipinski definition) is 0. The molecule has 1 aliphatic rings. The van der Waals surface area contributed by atoms with E-state index in [0.29, 0.717) is 3.42 Å². The molecule has 13 heavy (non-hydrogen) atoms. The third-order valence-corrected chi connectivity index (χ3v) is 3.17. The fraction of sp³-hybridized carbons (Fsp3) is 0.333. The van der Waals surface area contributed by atoms with Crippen LogP contribution in [0.4, 0.5) is 0 Å². The molecular weight excluding hydrogens is 271 g/mol. The Morgan fingerprint density at radius 1 is 1.31 bits per heavy atom. The average molecular weight is 284 g/mol. The Morgan fingerprint density at radius 3 is 2.85 bits per heavy atom. The van der Waals surface area contributed by atoms with E-state index in [9.17, 15) is 0 Å². The summed E-state index contributed by atoms with van der Waals surface area (Å²) in [6.07, 6.45) is 5.85. The molecule has 0 unspecified atom stereocenters. The highest BCUT2D eigenvalue weighted by Gasteiger charge is 2.16. The first-order chi connectivity index (χ1) is 6.07. The molecule has 1 atom stereocenters. The normalized spacial score (nSPS) is 25.8. The summed E-state index contributed by atoms with van der Waals surface area (Å²) in [5.41, 5.74) is 1.35. The summed E-state index contributed by atoms with van der Waals surface area (Å²) < 4.78 is 0.306. The Morgan fingerprint density at radius 2 is 2.08 bits per heavy atom. The predicted molar refractivity (Wildman–Crippen MR) is 66.4 cm³/mol. The molecule has 0 nitrogen and oxygen atoms in total. The SMILES string of the molecule is Cc1ccc2c(c1)=CC[C@@](C)(I)C=2. The fourth-order valence-corrected chi connectivity index (χ4v) is 2.25. The molecule has 2 rings (SSSR count). The van der Waals surface area contributed by atoms with Crippen molar-refractivity contribution in [2.45, 2.75) is 23.7 Å². The number of aryl methyl sites for hydroxylation is 1. The number of halogens is 1. The van der Waals surface area contributed by atoms with Gasteiger partial charge >= 0.3 is 0 Å². The monoisotopic (exact) mass is 284 g/mol. The lowest BCUT2D eigenvalue weighted by molar-refractivity contribution is 0.901. The van der Waals surface area contributed by atoms with Crippen molar-refractivity contribution < 1.29 is 0 Å². The van der Waals surface area contributed by atoms with Gasteiger partial charge in [-0.3, -0.25) is 0 Å². The largest absolute Gasteiger partial charge is 0.0750 e. The lowest BCUT2D eigenvalue weighted by atomic mass is 9.98. The van der Waals surface area contributed by atoms with Crippen LogP contribution in [-0.4, -0.2) is 3.42 Å². The first kappa shape index (κ1) is 9.25. The minimum atomic E-state index is 0.306. The van der Waals surface area contributed by atoms with Crippen molar-refractivity contribution in [2.75, 3.05) is 0 Å². The van der Waals surface area contributed by atoms with Crippen molar-refractivity contribution in [3.05, 3.63) is 34.2 Å². The molecular formula is C12H13I. The van der Waals surface area contributed by atoms with Crippen molar-refractivity contribution in [1.82, 2.24) is 0 Å². The lowest BCUT2D eigenvalue weighted by Crippen LogP contribution is -2.33. The molecule has 0 heterocycles. The molecule has 0 N–H and O–H groups in total. The number of benzene rings is 1. The van der Waals surface area contributed by atoms with Gasteiger partial charge in [0, 0.05) is 3.42 Å². The summed E-state index contributed by atoms with van der Waals surface area (Å²) >= 11 is 2.51. The summed E-state index contributed by atoms with van der Waals surface area (Å²) in [5, 5.41) is 2.78. The lowest BCUT2D eigenvalue weighted by Gasteiger charge is -2.18. The van der Waals surface area contributed by atoms with Crippen LogP contribution in [-0.2, 0) is 0 Å². The van der Waals surface area contributed by atoms with E-state index in [0.717, 1.165) is 6.42 Å². The molecule has 0 aromatic heterocycles. The standard InChI is InChI=1S/C12H13I/c1-9-3-4-11-8-12(2,13)6-5-10(11)7-9/h3-5,7-8H,6H2,1-2H3/t12-/m1/s1. The molecule has 0 radical (unpaired) electrons. The number of rotatable bonds is 0. The second-order valence-electron chi connectivity index (χ2n) is 3.96. The minimum Gasteiger partial charge on any atom is -0.0750 e. The van der Waals surface area contributed by atoms with E-state index < -0.39 is 0 Å².